The number of para-hydroxylation sites is 1. The molecule has 2 heteroatoms. The molecule has 0 amide bonds. The quantitative estimate of drug-likeness (QED) is 0.851. The van der Waals surface area contributed by atoms with Crippen molar-refractivity contribution in [2.24, 2.45) is 0 Å². The molecule has 100 valence electrons. The molecule has 0 unspecified atom stereocenters. The molecular formula is C16H26N2. The van der Waals surface area contributed by atoms with Crippen LogP contribution in [0.15, 0.2) is 35.5 Å². The summed E-state index contributed by atoms with van der Waals surface area (Å²) in [7, 11) is 2.11. The molecule has 1 N–H and O–H groups in total. The third-order valence-corrected chi connectivity index (χ3v) is 3.51. The second-order valence-electron chi connectivity index (χ2n) is 4.85. The Bertz CT molecular complexity index is 370. The minimum Gasteiger partial charge on any atom is -0.359 e. The van der Waals surface area contributed by atoms with Crippen LogP contribution in [0.5, 0.6) is 0 Å². The van der Waals surface area contributed by atoms with Crippen LogP contribution < -0.4 is 5.32 Å². The third kappa shape index (κ3) is 4.19. The fourth-order valence-corrected chi connectivity index (χ4v) is 1.75. The lowest BCUT2D eigenvalue weighted by molar-refractivity contribution is 0.373. The summed E-state index contributed by atoms with van der Waals surface area (Å²) in [5.74, 6) is 0. The monoisotopic (exact) mass is 246 g/mol. The van der Waals surface area contributed by atoms with E-state index in [-0.39, 0.29) is 0 Å². The van der Waals surface area contributed by atoms with Gasteiger partial charge in [0.15, 0.2) is 0 Å². The van der Waals surface area contributed by atoms with Crippen LogP contribution in [-0.4, -0.2) is 25.0 Å². The van der Waals surface area contributed by atoms with Crippen LogP contribution >= 0.6 is 0 Å². The maximum atomic E-state index is 3.39. The van der Waals surface area contributed by atoms with Gasteiger partial charge in [-0.05, 0) is 57.6 Å². The van der Waals surface area contributed by atoms with E-state index in [9.17, 15) is 0 Å². The van der Waals surface area contributed by atoms with Crippen molar-refractivity contribution in [1.82, 2.24) is 4.90 Å². The van der Waals surface area contributed by atoms with Gasteiger partial charge in [0.1, 0.15) is 0 Å². The first-order valence-corrected chi connectivity index (χ1v) is 6.78. The molecule has 1 heterocycles. The molecule has 0 radical (unpaired) electrons. The van der Waals surface area contributed by atoms with Crippen molar-refractivity contribution >= 4 is 5.69 Å². The van der Waals surface area contributed by atoms with Gasteiger partial charge in [0.25, 0.3) is 0 Å². The molecule has 0 saturated carbocycles. The summed E-state index contributed by atoms with van der Waals surface area (Å²) in [4.78, 5) is 2.25. The van der Waals surface area contributed by atoms with Crippen LogP contribution in [0.2, 0.25) is 0 Å². The summed E-state index contributed by atoms with van der Waals surface area (Å²) in [5, 5.41) is 3.39. The lowest BCUT2D eigenvalue weighted by Gasteiger charge is -2.20. The second-order valence-corrected chi connectivity index (χ2v) is 4.85. The number of nitrogens with one attached hydrogen (secondary N) is 1. The molecule has 0 atom stereocenters. The van der Waals surface area contributed by atoms with E-state index in [0.29, 0.717) is 0 Å². The Balaban J connectivity index is 0.000000232. The summed E-state index contributed by atoms with van der Waals surface area (Å²) in [6.45, 7) is 10.9. The van der Waals surface area contributed by atoms with Crippen LogP contribution in [0, 0.1) is 0 Å². The molecule has 0 fully saturated rings. The van der Waals surface area contributed by atoms with Crippen LogP contribution in [0.25, 0.3) is 0 Å². The van der Waals surface area contributed by atoms with E-state index in [2.05, 4.69) is 69.2 Å². The van der Waals surface area contributed by atoms with Gasteiger partial charge in [0, 0.05) is 11.4 Å². The van der Waals surface area contributed by atoms with Crippen LogP contribution in [0.4, 0.5) is 5.69 Å². The first-order chi connectivity index (χ1) is 8.58. The van der Waals surface area contributed by atoms with Gasteiger partial charge in [0.2, 0.25) is 0 Å². The predicted molar refractivity (Wildman–Crippen MR) is 81.0 cm³/mol. The zero-order valence-electron chi connectivity index (χ0n) is 12.4. The van der Waals surface area contributed by atoms with Crippen molar-refractivity contribution in [2.45, 2.75) is 34.1 Å². The number of hydrogen-bond donors (Lipinski definition) is 1. The smallest absolute Gasteiger partial charge is 0.0417 e. The fraction of sp³-hybridized carbons (Fsp3) is 0.500. The van der Waals surface area contributed by atoms with Crippen molar-refractivity contribution < 1.29 is 0 Å². The summed E-state index contributed by atoms with van der Waals surface area (Å²) in [5.41, 5.74) is 5.41. The normalized spacial score (nSPS) is 13.7. The molecular weight excluding hydrogens is 220 g/mol. The third-order valence-electron chi connectivity index (χ3n) is 3.51. The van der Waals surface area contributed by atoms with Gasteiger partial charge >= 0.3 is 0 Å². The van der Waals surface area contributed by atoms with E-state index in [1.807, 2.05) is 0 Å². The minimum absolute atomic E-state index is 1.09. The van der Waals surface area contributed by atoms with Crippen molar-refractivity contribution in [3.63, 3.8) is 0 Å². The Morgan fingerprint density at radius 3 is 2.28 bits per heavy atom. The Morgan fingerprint density at radius 2 is 1.72 bits per heavy atom. The summed E-state index contributed by atoms with van der Waals surface area (Å²) in [6, 6.07) is 8.47. The topological polar surface area (TPSA) is 15.3 Å². The molecule has 1 aromatic carbocycles. The molecule has 0 spiro atoms. The van der Waals surface area contributed by atoms with Gasteiger partial charge in [-0.2, -0.15) is 0 Å². The number of anilines is 1. The number of allylic oxidation sites excluding steroid dienone is 2. The predicted octanol–water partition coefficient (Wildman–Crippen LogP) is 3.91. The Hall–Kier alpha value is -1.28. The van der Waals surface area contributed by atoms with Crippen molar-refractivity contribution in [3.8, 4) is 0 Å². The van der Waals surface area contributed by atoms with Gasteiger partial charge in [-0.15, -0.1) is 0 Å². The van der Waals surface area contributed by atoms with Crippen molar-refractivity contribution in [1.29, 1.82) is 0 Å². The average Bonchev–Trinajstić information content (AvgIpc) is 2.40. The number of hydrogen-bond acceptors (Lipinski definition) is 2. The maximum absolute atomic E-state index is 3.39. The zero-order chi connectivity index (χ0) is 13.5. The van der Waals surface area contributed by atoms with Gasteiger partial charge in [-0.3, -0.25) is 0 Å². The van der Waals surface area contributed by atoms with E-state index in [4.69, 9.17) is 0 Å². The van der Waals surface area contributed by atoms with E-state index in [1.54, 1.807) is 0 Å². The van der Waals surface area contributed by atoms with Crippen LogP contribution in [0.3, 0.4) is 0 Å². The number of benzene rings is 1. The Kier molecular flexibility index (Phi) is 5.93. The van der Waals surface area contributed by atoms with Gasteiger partial charge < -0.3 is 10.2 Å². The minimum atomic E-state index is 1.09. The zero-order valence-corrected chi connectivity index (χ0v) is 12.4. The largest absolute Gasteiger partial charge is 0.359 e. The maximum Gasteiger partial charge on any atom is 0.0417 e. The summed E-state index contributed by atoms with van der Waals surface area (Å²) < 4.78 is 0. The standard InChI is InChI=1S/C11H13N.C5H13N/c1-8-7-10-5-3-4-6-11(10)12-9(8)2;1-4-6(3)5-2/h3-6,12H,7H2,1-2H3;4-5H2,1-3H3. The SMILES string of the molecule is CC1=C(C)Nc2ccccc2C1.CCN(C)CC. The molecule has 0 bridgehead atoms. The Morgan fingerprint density at radius 1 is 1.11 bits per heavy atom. The lowest BCUT2D eigenvalue weighted by Crippen LogP contribution is -2.15. The number of fused-ring (bicyclic) bond motifs is 1. The van der Waals surface area contributed by atoms with Crippen molar-refractivity contribution in [3.05, 3.63) is 41.1 Å². The van der Waals surface area contributed by atoms with E-state index in [1.165, 1.54) is 22.5 Å². The highest BCUT2D eigenvalue weighted by atomic mass is 15.1. The molecule has 1 aromatic rings. The molecule has 0 aliphatic carbocycles. The molecule has 0 saturated heterocycles. The van der Waals surface area contributed by atoms with Gasteiger partial charge in [0.05, 0.1) is 0 Å². The fourth-order valence-electron chi connectivity index (χ4n) is 1.75. The van der Waals surface area contributed by atoms with E-state index in [0.717, 1.165) is 19.5 Å². The first-order valence-electron chi connectivity index (χ1n) is 6.78. The number of rotatable bonds is 2. The van der Waals surface area contributed by atoms with Crippen LogP contribution in [0.1, 0.15) is 33.3 Å². The highest BCUT2D eigenvalue weighted by molar-refractivity contribution is 5.59. The van der Waals surface area contributed by atoms with Crippen molar-refractivity contribution in [2.75, 3.05) is 25.5 Å². The lowest BCUT2D eigenvalue weighted by atomic mass is 9.99. The van der Waals surface area contributed by atoms with E-state index >= 15 is 0 Å². The Labute approximate surface area is 112 Å². The molecule has 1 aliphatic rings. The number of nitrogens with zero attached hydrogens (tertiary/aromatic N) is 1. The first kappa shape index (κ1) is 14.8. The molecule has 1 aliphatic heterocycles. The second kappa shape index (κ2) is 7.22. The average molecular weight is 246 g/mol. The van der Waals surface area contributed by atoms with Gasteiger partial charge in [-0.1, -0.05) is 32.0 Å². The summed E-state index contributed by atoms with van der Waals surface area (Å²) >= 11 is 0. The molecule has 2 rings (SSSR count). The summed E-state index contributed by atoms with van der Waals surface area (Å²) in [6.07, 6.45) is 1.09. The van der Waals surface area contributed by atoms with E-state index < -0.39 is 0 Å². The molecule has 0 aromatic heterocycles. The van der Waals surface area contributed by atoms with Gasteiger partial charge in [-0.25, -0.2) is 0 Å². The highest BCUT2D eigenvalue weighted by Crippen LogP contribution is 2.26. The molecule has 2 nitrogen and oxygen atoms in total. The highest BCUT2D eigenvalue weighted by Gasteiger charge is 2.09. The molecule has 18 heavy (non-hydrogen) atoms. The van der Waals surface area contributed by atoms with Crippen LogP contribution in [-0.2, 0) is 6.42 Å².